The van der Waals surface area contributed by atoms with Crippen molar-refractivity contribution in [3.05, 3.63) is 93.0 Å². The standard InChI is InChI=1S/C21H15N5O5/c1-14(27)25(22-12-15-11-19(26(29)30)31-13-15)21-23-18-10-6-5-9-17(18)20(28)24(21)16-7-3-2-4-8-16/h2-13H,1H3/b22-12+. The number of hydrogen-bond donors (Lipinski definition) is 0. The quantitative estimate of drug-likeness (QED) is 0.279. The van der Waals surface area contributed by atoms with Crippen LogP contribution in [0.5, 0.6) is 0 Å². The van der Waals surface area contributed by atoms with E-state index in [1.165, 1.54) is 23.8 Å². The lowest BCUT2D eigenvalue weighted by Gasteiger charge is -2.19. The van der Waals surface area contributed by atoms with Crippen molar-refractivity contribution in [1.82, 2.24) is 9.55 Å². The summed E-state index contributed by atoms with van der Waals surface area (Å²) in [6, 6.07) is 16.7. The van der Waals surface area contributed by atoms with E-state index < -0.39 is 16.7 Å². The summed E-state index contributed by atoms with van der Waals surface area (Å²) >= 11 is 0. The maximum absolute atomic E-state index is 13.3. The molecule has 154 valence electrons. The van der Waals surface area contributed by atoms with Crippen molar-refractivity contribution in [3.63, 3.8) is 0 Å². The zero-order chi connectivity index (χ0) is 22.0. The van der Waals surface area contributed by atoms with Gasteiger partial charge in [-0.2, -0.15) is 10.1 Å². The lowest BCUT2D eigenvalue weighted by molar-refractivity contribution is -0.402. The molecule has 1 amide bonds. The van der Waals surface area contributed by atoms with Crippen LogP contribution in [0, 0.1) is 10.1 Å². The number of anilines is 1. The molecule has 0 aliphatic heterocycles. The smallest absolute Gasteiger partial charge is 0.409 e. The Balaban J connectivity index is 1.90. The van der Waals surface area contributed by atoms with E-state index in [2.05, 4.69) is 10.1 Å². The Hall–Kier alpha value is -4.60. The summed E-state index contributed by atoms with van der Waals surface area (Å²) in [4.78, 5) is 40.3. The maximum atomic E-state index is 13.3. The minimum Gasteiger partial charge on any atom is -0.409 e. The third-order valence-electron chi connectivity index (χ3n) is 4.37. The van der Waals surface area contributed by atoms with Gasteiger partial charge < -0.3 is 4.42 Å². The normalized spacial score (nSPS) is 11.1. The highest BCUT2D eigenvalue weighted by Gasteiger charge is 2.21. The van der Waals surface area contributed by atoms with E-state index in [0.717, 1.165) is 11.3 Å². The zero-order valence-electron chi connectivity index (χ0n) is 16.2. The topological polar surface area (TPSA) is 124 Å². The van der Waals surface area contributed by atoms with Crippen LogP contribution < -0.4 is 10.6 Å². The van der Waals surface area contributed by atoms with E-state index in [-0.39, 0.29) is 17.1 Å². The number of aromatic nitrogens is 2. The van der Waals surface area contributed by atoms with Crippen molar-refractivity contribution in [2.75, 3.05) is 5.01 Å². The third kappa shape index (κ3) is 3.81. The molecule has 0 fully saturated rings. The average Bonchev–Trinajstić information content (AvgIpc) is 3.24. The molecule has 2 aromatic heterocycles. The van der Waals surface area contributed by atoms with Crippen LogP contribution in [0.3, 0.4) is 0 Å². The van der Waals surface area contributed by atoms with Crippen LogP contribution >= 0.6 is 0 Å². The van der Waals surface area contributed by atoms with Gasteiger partial charge in [0.25, 0.3) is 5.56 Å². The fourth-order valence-electron chi connectivity index (χ4n) is 2.97. The van der Waals surface area contributed by atoms with Crippen LogP contribution in [-0.2, 0) is 4.79 Å². The molecule has 10 nitrogen and oxygen atoms in total. The molecule has 0 spiro atoms. The second-order valence-corrected chi connectivity index (χ2v) is 6.46. The lowest BCUT2D eigenvalue weighted by atomic mass is 10.2. The fourth-order valence-corrected chi connectivity index (χ4v) is 2.97. The van der Waals surface area contributed by atoms with Gasteiger partial charge in [-0.1, -0.05) is 30.3 Å². The van der Waals surface area contributed by atoms with E-state index >= 15 is 0 Å². The number of rotatable bonds is 5. The number of nitro groups is 1. The summed E-state index contributed by atoms with van der Waals surface area (Å²) in [7, 11) is 0. The van der Waals surface area contributed by atoms with E-state index in [0.29, 0.717) is 16.6 Å². The van der Waals surface area contributed by atoms with Crippen LogP contribution in [0.15, 0.2) is 81.2 Å². The monoisotopic (exact) mass is 417 g/mol. The van der Waals surface area contributed by atoms with Gasteiger partial charge in [0.05, 0.1) is 28.9 Å². The predicted octanol–water partition coefficient (Wildman–Crippen LogP) is 3.27. The number of fused-ring (bicyclic) bond motifs is 1. The minimum absolute atomic E-state index is 0.0170. The summed E-state index contributed by atoms with van der Waals surface area (Å²) in [5, 5.41) is 16.3. The Morgan fingerprint density at radius 3 is 2.58 bits per heavy atom. The molecule has 0 aliphatic rings. The third-order valence-corrected chi connectivity index (χ3v) is 4.37. The Kier molecular flexibility index (Phi) is 5.10. The van der Waals surface area contributed by atoms with Gasteiger partial charge >= 0.3 is 5.88 Å². The second kappa shape index (κ2) is 8.03. The first-order valence-electron chi connectivity index (χ1n) is 9.10. The molecule has 10 heteroatoms. The molecule has 31 heavy (non-hydrogen) atoms. The summed E-state index contributed by atoms with van der Waals surface area (Å²) in [5.41, 5.74) is 0.802. The van der Waals surface area contributed by atoms with Gasteiger partial charge in [0.15, 0.2) is 0 Å². The fraction of sp³-hybridized carbons (Fsp3) is 0.0476. The molecule has 4 aromatic rings. The van der Waals surface area contributed by atoms with Gasteiger partial charge in [0, 0.05) is 12.5 Å². The van der Waals surface area contributed by atoms with E-state index in [9.17, 15) is 19.7 Å². The first-order valence-corrected chi connectivity index (χ1v) is 9.10. The van der Waals surface area contributed by atoms with Gasteiger partial charge in [-0.3, -0.25) is 19.7 Å². The molecule has 0 saturated carbocycles. The highest BCUT2D eigenvalue weighted by Crippen LogP contribution is 2.21. The number of amides is 1. The molecule has 0 bridgehead atoms. The van der Waals surface area contributed by atoms with Gasteiger partial charge in [0.1, 0.15) is 11.2 Å². The largest absolute Gasteiger partial charge is 0.433 e. The molecule has 2 aromatic carbocycles. The first kappa shape index (κ1) is 19.7. The molecular formula is C21H15N5O5. The van der Waals surface area contributed by atoms with Crippen molar-refractivity contribution in [1.29, 1.82) is 0 Å². The molecule has 4 rings (SSSR count). The van der Waals surface area contributed by atoms with E-state index in [1.807, 2.05) is 0 Å². The molecular weight excluding hydrogens is 402 g/mol. The van der Waals surface area contributed by atoms with Gasteiger partial charge in [-0.25, -0.2) is 9.55 Å². The van der Waals surface area contributed by atoms with Crippen molar-refractivity contribution >= 4 is 34.9 Å². The van der Waals surface area contributed by atoms with Crippen molar-refractivity contribution in [3.8, 4) is 5.69 Å². The van der Waals surface area contributed by atoms with Crippen LogP contribution in [0.4, 0.5) is 11.8 Å². The summed E-state index contributed by atoms with van der Waals surface area (Å²) in [5.74, 6) is -0.987. The molecule has 0 radical (unpaired) electrons. The average molecular weight is 417 g/mol. The molecule has 0 unspecified atom stereocenters. The second-order valence-electron chi connectivity index (χ2n) is 6.46. The Morgan fingerprint density at radius 1 is 1.19 bits per heavy atom. The first-order chi connectivity index (χ1) is 15.0. The number of para-hydroxylation sites is 2. The molecule has 2 heterocycles. The molecule has 0 atom stereocenters. The van der Waals surface area contributed by atoms with Crippen molar-refractivity contribution < 1.29 is 14.1 Å². The Morgan fingerprint density at radius 2 is 1.90 bits per heavy atom. The minimum atomic E-state index is -0.683. The number of carbonyl (C=O) groups excluding carboxylic acids is 1. The molecule has 0 saturated heterocycles. The van der Waals surface area contributed by atoms with Crippen molar-refractivity contribution in [2.24, 2.45) is 5.10 Å². The predicted molar refractivity (Wildman–Crippen MR) is 113 cm³/mol. The van der Waals surface area contributed by atoms with Crippen molar-refractivity contribution in [2.45, 2.75) is 6.92 Å². The Labute approximate surface area is 174 Å². The summed E-state index contributed by atoms with van der Waals surface area (Å²) in [6.45, 7) is 1.27. The SMILES string of the molecule is CC(=O)N(/N=C/c1coc([N+](=O)[O-])c1)c1nc2ccccc2c(=O)n1-c1ccccc1. The number of carbonyl (C=O) groups is 1. The number of hydrogen-bond acceptors (Lipinski definition) is 7. The van der Waals surface area contributed by atoms with Crippen LogP contribution in [-0.4, -0.2) is 26.6 Å². The lowest BCUT2D eigenvalue weighted by Crippen LogP contribution is -2.32. The zero-order valence-corrected chi connectivity index (χ0v) is 16.2. The highest BCUT2D eigenvalue weighted by molar-refractivity contribution is 5.93. The van der Waals surface area contributed by atoms with Crippen LogP contribution in [0.25, 0.3) is 16.6 Å². The molecule has 0 N–H and O–H groups in total. The highest BCUT2D eigenvalue weighted by atomic mass is 16.6. The summed E-state index contributed by atoms with van der Waals surface area (Å²) in [6.07, 6.45) is 2.35. The van der Waals surface area contributed by atoms with E-state index in [4.69, 9.17) is 4.42 Å². The number of benzene rings is 2. The van der Waals surface area contributed by atoms with Crippen LogP contribution in [0.2, 0.25) is 0 Å². The summed E-state index contributed by atoms with van der Waals surface area (Å²) < 4.78 is 6.12. The van der Waals surface area contributed by atoms with Gasteiger partial charge in [-0.15, -0.1) is 0 Å². The Bertz CT molecular complexity index is 1370. The maximum Gasteiger partial charge on any atom is 0.433 e. The van der Waals surface area contributed by atoms with E-state index in [1.54, 1.807) is 54.6 Å². The number of nitrogens with zero attached hydrogens (tertiary/aromatic N) is 5. The molecule has 0 aliphatic carbocycles. The number of furan rings is 1. The van der Waals surface area contributed by atoms with Gasteiger partial charge in [-0.05, 0) is 24.3 Å². The van der Waals surface area contributed by atoms with Gasteiger partial charge in [0.2, 0.25) is 11.9 Å². The van der Waals surface area contributed by atoms with Crippen LogP contribution in [0.1, 0.15) is 12.5 Å². The number of hydrazone groups is 1.